The molecule has 0 radical (unpaired) electrons. The van der Waals surface area contributed by atoms with Gasteiger partial charge in [0.25, 0.3) is 5.91 Å². The largest absolute Gasteiger partial charge is 0.459 e. The van der Waals surface area contributed by atoms with Gasteiger partial charge in [0.05, 0.1) is 6.26 Å². The highest BCUT2D eigenvalue weighted by molar-refractivity contribution is 5.91. The SMILES string of the molecule is C=CCNc1ccnc(N2CCN(C(=O)c3ccco3)CC2)n1. The van der Waals surface area contributed by atoms with Crippen LogP contribution in [-0.4, -0.2) is 53.5 Å². The number of hydrogen-bond donors (Lipinski definition) is 1. The van der Waals surface area contributed by atoms with Crippen LogP contribution in [0.2, 0.25) is 0 Å². The van der Waals surface area contributed by atoms with Gasteiger partial charge in [-0.3, -0.25) is 4.79 Å². The smallest absolute Gasteiger partial charge is 0.289 e. The molecule has 2 aromatic heterocycles. The Bertz CT molecular complexity index is 663. The van der Waals surface area contributed by atoms with Gasteiger partial charge in [0, 0.05) is 38.9 Å². The fraction of sp³-hybridized carbons (Fsp3) is 0.312. The van der Waals surface area contributed by atoms with Crippen LogP contribution >= 0.6 is 0 Å². The fourth-order valence-corrected chi connectivity index (χ4v) is 2.44. The second-order valence-corrected chi connectivity index (χ2v) is 5.17. The first kappa shape index (κ1) is 15.1. The Hall–Kier alpha value is -2.83. The average Bonchev–Trinajstić information content (AvgIpc) is 3.14. The van der Waals surface area contributed by atoms with Crippen molar-refractivity contribution in [2.24, 2.45) is 0 Å². The molecule has 3 rings (SSSR count). The number of rotatable bonds is 5. The summed E-state index contributed by atoms with van der Waals surface area (Å²) in [7, 11) is 0. The summed E-state index contributed by atoms with van der Waals surface area (Å²) in [4.78, 5) is 24.9. The van der Waals surface area contributed by atoms with Crippen LogP contribution in [-0.2, 0) is 0 Å². The Balaban J connectivity index is 1.60. The molecule has 1 N–H and O–H groups in total. The zero-order chi connectivity index (χ0) is 16.1. The predicted molar refractivity (Wildman–Crippen MR) is 87.5 cm³/mol. The highest BCUT2D eigenvalue weighted by Gasteiger charge is 2.24. The van der Waals surface area contributed by atoms with Gasteiger partial charge in [-0.2, -0.15) is 4.98 Å². The van der Waals surface area contributed by atoms with Crippen molar-refractivity contribution >= 4 is 17.7 Å². The molecule has 0 aromatic carbocycles. The lowest BCUT2D eigenvalue weighted by Gasteiger charge is -2.34. The van der Waals surface area contributed by atoms with Gasteiger partial charge in [-0.1, -0.05) is 6.08 Å². The van der Waals surface area contributed by atoms with E-state index in [0.29, 0.717) is 44.4 Å². The highest BCUT2D eigenvalue weighted by Crippen LogP contribution is 2.15. The molecule has 1 fully saturated rings. The summed E-state index contributed by atoms with van der Waals surface area (Å²) in [6, 6.07) is 5.23. The molecule has 1 saturated heterocycles. The molecule has 1 amide bonds. The third-order valence-corrected chi connectivity index (χ3v) is 3.65. The summed E-state index contributed by atoms with van der Waals surface area (Å²) < 4.78 is 5.17. The van der Waals surface area contributed by atoms with E-state index in [1.54, 1.807) is 29.3 Å². The number of hydrogen-bond acceptors (Lipinski definition) is 6. The number of aromatic nitrogens is 2. The van der Waals surface area contributed by atoms with Crippen molar-refractivity contribution < 1.29 is 9.21 Å². The fourth-order valence-electron chi connectivity index (χ4n) is 2.44. The van der Waals surface area contributed by atoms with Crippen LogP contribution < -0.4 is 10.2 Å². The first-order valence-corrected chi connectivity index (χ1v) is 7.53. The third kappa shape index (κ3) is 3.50. The number of nitrogens with zero attached hydrogens (tertiary/aromatic N) is 4. The van der Waals surface area contributed by atoms with Crippen LogP contribution in [0.15, 0.2) is 47.7 Å². The maximum absolute atomic E-state index is 12.2. The molecule has 1 aliphatic heterocycles. The average molecular weight is 313 g/mol. The van der Waals surface area contributed by atoms with Crippen LogP contribution in [0.4, 0.5) is 11.8 Å². The molecule has 2 aromatic rings. The van der Waals surface area contributed by atoms with Gasteiger partial charge in [-0.15, -0.1) is 6.58 Å². The van der Waals surface area contributed by atoms with Gasteiger partial charge < -0.3 is 19.5 Å². The zero-order valence-corrected chi connectivity index (χ0v) is 12.8. The van der Waals surface area contributed by atoms with Crippen molar-refractivity contribution in [2.45, 2.75) is 0 Å². The van der Waals surface area contributed by atoms with Gasteiger partial charge in [0.15, 0.2) is 5.76 Å². The van der Waals surface area contributed by atoms with Gasteiger partial charge in [0.1, 0.15) is 5.82 Å². The first-order valence-electron chi connectivity index (χ1n) is 7.53. The number of carbonyl (C=O) groups is 1. The molecule has 0 aliphatic carbocycles. The van der Waals surface area contributed by atoms with E-state index < -0.39 is 0 Å². The quantitative estimate of drug-likeness (QED) is 0.846. The van der Waals surface area contributed by atoms with Crippen molar-refractivity contribution in [3.63, 3.8) is 0 Å². The van der Waals surface area contributed by atoms with E-state index in [4.69, 9.17) is 4.42 Å². The van der Waals surface area contributed by atoms with E-state index in [2.05, 4.69) is 26.8 Å². The summed E-state index contributed by atoms with van der Waals surface area (Å²) >= 11 is 0. The molecule has 0 bridgehead atoms. The summed E-state index contributed by atoms with van der Waals surface area (Å²) in [5.41, 5.74) is 0. The van der Waals surface area contributed by atoms with Crippen LogP contribution in [0.3, 0.4) is 0 Å². The molecule has 0 saturated carbocycles. The van der Waals surface area contributed by atoms with E-state index in [9.17, 15) is 4.79 Å². The molecular weight excluding hydrogens is 294 g/mol. The molecule has 1 aliphatic rings. The Morgan fingerprint density at radius 3 is 2.87 bits per heavy atom. The predicted octanol–water partition coefficient (Wildman–Crippen LogP) is 1.63. The number of piperazine rings is 1. The molecule has 7 nitrogen and oxygen atoms in total. The van der Waals surface area contributed by atoms with Gasteiger partial charge in [-0.25, -0.2) is 4.98 Å². The van der Waals surface area contributed by atoms with Gasteiger partial charge >= 0.3 is 0 Å². The topological polar surface area (TPSA) is 74.5 Å². The molecule has 120 valence electrons. The van der Waals surface area contributed by atoms with E-state index >= 15 is 0 Å². The van der Waals surface area contributed by atoms with E-state index in [1.165, 1.54) is 6.26 Å². The maximum atomic E-state index is 12.2. The maximum Gasteiger partial charge on any atom is 0.289 e. The molecule has 0 atom stereocenters. The molecule has 0 unspecified atom stereocenters. The molecule has 7 heteroatoms. The normalized spacial score (nSPS) is 14.6. The van der Waals surface area contributed by atoms with Crippen LogP contribution in [0.5, 0.6) is 0 Å². The summed E-state index contributed by atoms with van der Waals surface area (Å²) in [5, 5.41) is 3.15. The van der Waals surface area contributed by atoms with Gasteiger partial charge in [-0.05, 0) is 18.2 Å². The number of nitrogens with one attached hydrogen (secondary N) is 1. The van der Waals surface area contributed by atoms with Crippen LogP contribution in [0.1, 0.15) is 10.6 Å². The van der Waals surface area contributed by atoms with E-state index in [0.717, 1.165) is 5.82 Å². The summed E-state index contributed by atoms with van der Waals surface area (Å²) in [6.45, 7) is 6.95. The van der Waals surface area contributed by atoms with Crippen molar-refractivity contribution in [1.82, 2.24) is 14.9 Å². The number of furan rings is 1. The number of amides is 1. The Morgan fingerprint density at radius 1 is 1.35 bits per heavy atom. The minimum Gasteiger partial charge on any atom is -0.459 e. The zero-order valence-electron chi connectivity index (χ0n) is 12.8. The minimum atomic E-state index is -0.0723. The minimum absolute atomic E-state index is 0.0723. The molecule has 23 heavy (non-hydrogen) atoms. The molecule has 0 spiro atoms. The van der Waals surface area contributed by atoms with Crippen molar-refractivity contribution in [1.29, 1.82) is 0 Å². The summed E-state index contributed by atoms with van der Waals surface area (Å²) in [6.07, 6.45) is 5.02. The van der Waals surface area contributed by atoms with Crippen molar-refractivity contribution in [3.05, 3.63) is 49.1 Å². The first-order chi connectivity index (χ1) is 11.3. The monoisotopic (exact) mass is 313 g/mol. The number of carbonyl (C=O) groups excluding carboxylic acids is 1. The molecule has 3 heterocycles. The lowest BCUT2D eigenvalue weighted by Crippen LogP contribution is -2.49. The summed E-state index contributed by atoms with van der Waals surface area (Å²) in [5.74, 6) is 1.75. The van der Waals surface area contributed by atoms with Gasteiger partial charge in [0.2, 0.25) is 5.95 Å². The Labute approximate surface area is 134 Å². The van der Waals surface area contributed by atoms with E-state index in [1.807, 2.05) is 6.07 Å². The Kier molecular flexibility index (Phi) is 4.56. The number of anilines is 2. The second-order valence-electron chi connectivity index (χ2n) is 5.17. The van der Waals surface area contributed by atoms with E-state index in [-0.39, 0.29) is 5.91 Å². The lowest BCUT2D eigenvalue weighted by molar-refractivity contribution is 0.0714. The Morgan fingerprint density at radius 2 is 2.17 bits per heavy atom. The highest BCUT2D eigenvalue weighted by atomic mass is 16.3. The molecular formula is C16H19N5O2. The van der Waals surface area contributed by atoms with Crippen LogP contribution in [0, 0.1) is 0 Å². The van der Waals surface area contributed by atoms with Crippen molar-refractivity contribution in [2.75, 3.05) is 42.9 Å². The third-order valence-electron chi connectivity index (χ3n) is 3.65. The van der Waals surface area contributed by atoms with Crippen LogP contribution in [0.25, 0.3) is 0 Å². The lowest BCUT2D eigenvalue weighted by atomic mass is 10.3. The standard InChI is InChI=1S/C16H19N5O2/c1-2-6-17-14-5-7-18-16(19-14)21-10-8-20(9-11-21)15(22)13-4-3-12-23-13/h2-5,7,12H,1,6,8-11H2,(H,17,18,19). The second kappa shape index (κ2) is 6.95. The van der Waals surface area contributed by atoms with Crippen molar-refractivity contribution in [3.8, 4) is 0 Å².